The molecule has 0 aliphatic heterocycles. The van der Waals surface area contributed by atoms with Crippen molar-refractivity contribution in [2.24, 2.45) is 0 Å². The van der Waals surface area contributed by atoms with Gasteiger partial charge < -0.3 is 11.6 Å². The van der Waals surface area contributed by atoms with E-state index in [4.69, 9.17) is 11.6 Å². The van der Waals surface area contributed by atoms with Crippen molar-refractivity contribution in [3.63, 3.8) is 0 Å². The summed E-state index contributed by atoms with van der Waals surface area (Å²) in [5.41, 5.74) is 5.19. The molecule has 0 fully saturated rings. The predicted molar refractivity (Wildman–Crippen MR) is 52.2 cm³/mol. The van der Waals surface area contributed by atoms with E-state index < -0.39 is 5.56 Å². The lowest BCUT2D eigenvalue weighted by Crippen LogP contribution is -2.34. The zero-order valence-electron chi connectivity index (χ0n) is 7.39. The fourth-order valence-corrected chi connectivity index (χ4v) is 0.786. The first kappa shape index (κ1) is 11.7. The van der Waals surface area contributed by atoms with Crippen LogP contribution in [0.1, 0.15) is 25.5 Å². The van der Waals surface area contributed by atoms with Gasteiger partial charge in [0.1, 0.15) is 5.69 Å². The molecule has 0 aliphatic rings. The molecule has 0 unspecified atom stereocenters. The average molecular weight is 206 g/mol. The molecule has 0 radical (unpaired) electrons. The zero-order valence-corrected chi connectivity index (χ0v) is 8.21. The van der Waals surface area contributed by atoms with Crippen LogP contribution in [0.4, 0.5) is 5.95 Å². The van der Waals surface area contributed by atoms with E-state index in [0.29, 0.717) is 5.69 Å². The van der Waals surface area contributed by atoms with E-state index in [2.05, 4.69) is 10.2 Å². The largest absolute Gasteiger partial charge is 0.366 e. The van der Waals surface area contributed by atoms with Gasteiger partial charge in [0.05, 0.1) is 0 Å². The molecule has 6 nitrogen and oxygen atoms in total. The van der Waals surface area contributed by atoms with Gasteiger partial charge in [-0.25, -0.2) is 0 Å². The minimum absolute atomic E-state index is 0. The quantitative estimate of drug-likeness (QED) is 0.601. The number of aromatic nitrogens is 3. The summed E-state index contributed by atoms with van der Waals surface area (Å²) in [5, 5.41) is 7.18. The first-order valence-corrected chi connectivity index (χ1v) is 3.54. The smallest absolute Gasteiger partial charge is 0.295 e. The third-order valence-electron chi connectivity index (χ3n) is 1.49. The van der Waals surface area contributed by atoms with Gasteiger partial charge in [0, 0.05) is 5.92 Å². The Morgan fingerprint density at radius 1 is 1.38 bits per heavy atom. The summed E-state index contributed by atoms with van der Waals surface area (Å²) in [7, 11) is 0. The lowest BCUT2D eigenvalue weighted by atomic mass is 10.1. The highest BCUT2D eigenvalue weighted by Crippen LogP contribution is 2.04. The van der Waals surface area contributed by atoms with Crippen LogP contribution in [0, 0.1) is 0 Å². The van der Waals surface area contributed by atoms with E-state index in [1.165, 1.54) is 0 Å². The minimum atomic E-state index is -0.391. The SMILES string of the molecule is CC(C)c1nnc(N)n(N)c1=O.Cl. The Labute approximate surface area is 81.3 Å². The molecule has 0 atom stereocenters. The standard InChI is InChI=1S/C6H11N5O.ClH/c1-3(2)4-5(12)11(8)6(7)10-9-4;/h3H,8H2,1-2H3,(H2,7,10);1H. The van der Waals surface area contributed by atoms with Crippen LogP contribution in [0.15, 0.2) is 4.79 Å². The van der Waals surface area contributed by atoms with Crippen molar-refractivity contribution in [3.8, 4) is 0 Å². The number of hydrogen-bond donors (Lipinski definition) is 2. The fraction of sp³-hybridized carbons (Fsp3) is 0.500. The number of anilines is 1. The molecule has 1 rings (SSSR count). The van der Waals surface area contributed by atoms with E-state index >= 15 is 0 Å². The highest BCUT2D eigenvalue weighted by Gasteiger charge is 2.10. The summed E-state index contributed by atoms with van der Waals surface area (Å²) in [6.45, 7) is 3.67. The molecule has 74 valence electrons. The van der Waals surface area contributed by atoms with Gasteiger partial charge in [-0.15, -0.1) is 22.6 Å². The molecule has 0 aromatic carbocycles. The van der Waals surface area contributed by atoms with Crippen LogP contribution in [0.2, 0.25) is 0 Å². The van der Waals surface area contributed by atoms with Crippen molar-refractivity contribution in [3.05, 3.63) is 16.0 Å². The molecule has 1 heterocycles. The second-order valence-electron chi connectivity index (χ2n) is 2.77. The molecule has 1 aromatic rings. The number of nitrogens with zero attached hydrogens (tertiary/aromatic N) is 3. The van der Waals surface area contributed by atoms with Gasteiger partial charge in [-0.3, -0.25) is 4.79 Å². The first-order valence-electron chi connectivity index (χ1n) is 3.54. The van der Waals surface area contributed by atoms with Gasteiger partial charge in [-0.1, -0.05) is 13.8 Å². The average Bonchev–Trinajstić information content (AvgIpc) is 2.00. The van der Waals surface area contributed by atoms with Gasteiger partial charge in [0.2, 0.25) is 5.95 Å². The summed E-state index contributed by atoms with van der Waals surface area (Å²) < 4.78 is 0.794. The molecule has 13 heavy (non-hydrogen) atoms. The van der Waals surface area contributed by atoms with Crippen molar-refractivity contribution in [1.82, 2.24) is 14.9 Å². The van der Waals surface area contributed by atoms with Crippen molar-refractivity contribution in [2.45, 2.75) is 19.8 Å². The fourth-order valence-electron chi connectivity index (χ4n) is 0.786. The second kappa shape index (κ2) is 4.08. The van der Waals surface area contributed by atoms with Crippen LogP contribution < -0.4 is 17.1 Å². The van der Waals surface area contributed by atoms with Gasteiger partial charge in [0.15, 0.2) is 0 Å². The molecular formula is C6H12ClN5O. The highest BCUT2D eigenvalue weighted by molar-refractivity contribution is 5.85. The molecule has 0 saturated heterocycles. The Morgan fingerprint density at radius 3 is 2.38 bits per heavy atom. The van der Waals surface area contributed by atoms with E-state index in [-0.39, 0.29) is 24.3 Å². The summed E-state index contributed by atoms with van der Waals surface area (Å²) in [4.78, 5) is 11.3. The third kappa shape index (κ3) is 2.09. The summed E-state index contributed by atoms with van der Waals surface area (Å²) in [5.74, 6) is 5.22. The van der Waals surface area contributed by atoms with Crippen LogP contribution >= 0.6 is 12.4 Å². The summed E-state index contributed by atoms with van der Waals surface area (Å²) >= 11 is 0. The number of halogens is 1. The zero-order chi connectivity index (χ0) is 9.30. The van der Waals surface area contributed by atoms with Gasteiger partial charge >= 0.3 is 0 Å². The number of nitrogen functional groups attached to an aromatic ring is 2. The molecule has 4 N–H and O–H groups in total. The molecule has 0 amide bonds. The van der Waals surface area contributed by atoms with Gasteiger partial charge in [-0.05, 0) is 0 Å². The number of rotatable bonds is 1. The number of nitrogens with two attached hydrogens (primary N) is 2. The third-order valence-corrected chi connectivity index (χ3v) is 1.49. The molecule has 0 spiro atoms. The molecule has 0 aliphatic carbocycles. The van der Waals surface area contributed by atoms with Crippen LogP contribution in [-0.4, -0.2) is 14.9 Å². The lowest BCUT2D eigenvalue weighted by molar-refractivity contribution is 0.718. The topological polar surface area (TPSA) is 99.8 Å². The predicted octanol–water partition coefficient (Wildman–Crippen LogP) is -0.520. The lowest BCUT2D eigenvalue weighted by Gasteiger charge is -2.05. The highest BCUT2D eigenvalue weighted by atomic mass is 35.5. The molecule has 0 bridgehead atoms. The summed E-state index contributed by atoms with van der Waals surface area (Å²) in [6.07, 6.45) is 0. The molecular weight excluding hydrogens is 194 g/mol. The minimum Gasteiger partial charge on any atom is -0.366 e. The first-order chi connectivity index (χ1) is 5.54. The van der Waals surface area contributed by atoms with Gasteiger partial charge in [0.25, 0.3) is 5.56 Å². The van der Waals surface area contributed by atoms with Crippen LogP contribution in [0.3, 0.4) is 0 Å². The monoisotopic (exact) mass is 205 g/mol. The number of hydrogen-bond acceptors (Lipinski definition) is 5. The van der Waals surface area contributed by atoms with E-state index in [0.717, 1.165) is 4.68 Å². The normalized spacial score (nSPS) is 9.77. The Morgan fingerprint density at radius 2 is 1.92 bits per heavy atom. The van der Waals surface area contributed by atoms with E-state index in [1.54, 1.807) is 0 Å². The maximum Gasteiger partial charge on any atom is 0.295 e. The van der Waals surface area contributed by atoms with Crippen LogP contribution in [0.25, 0.3) is 0 Å². The Balaban J connectivity index is 0.00000144. The van der Waals surface area contributed by atoms with Crippen molar-refractivity contribution < 1.29 is 0 Å². The van der Waals surface area contributed by atoms with Crippen molar-refractivity contribution >= 4 is 18.4 Å². The molecule has 0 saturated carbocycles. The second-order valence-corrected chi connectivity index (χ2v) is 2.77. The van der Waals surface area contributed by atoms with Crippen molar-refractivity contribution in [1.29, 1.82) is 0 Å². The summed E-state index contributed by atoms with van der Waals surface area (Å²) in [6, 6.07) is 0. The van der Waals surface area contributed by atoms with Crippen LogP contribution in [0.5, 0.6) is 0 Å². The molecule has 1 aromatic heterocycles. The van der Waals surface area contributed by atoms with E-state index in [1.807, 2.05) is 13.8 Å². The maximum atomic E-state index is 11.3. The Hall–Kier alpha value is -1.30. The van der Waals surface area contributed by atoms with E-state index in [9.17, 15) is 4.79 Å². The Bertz CT molecular complexity index is 347. The maximum absolute atomic E-state index is 11.3. The molecule has 7 heteroatoms. The van der Waals surface area contributed by atoms with Gasteiger partial charge in [-0.2, -0.15) is 4.68 Å². The van der Waals surface area contributed by atoms with Crippen LogP contribution in [-0.2, 0) is 0 Å². The Kier molecular flexibility index (Phi) is 3.68. The van der Waals surface area contributed by atoms with Crippen molar-refractivity contribution in [2.75, 3.05) is 11.6 Å².